The summed E-state index contributed by atoms with van der Waals surface area (Å²) in [7, 11) is -30.1. The van der Waals surface area contributed by atoms with Gasteiger partial charge in [-0.15, -0.1) is 10.2 Å². The van der Waals surface area contributed by atoms with Crippen molar-refractivity contribution in [2.75, 3.05) is 45.0 Å². The van der Waals surface area contributed by atoms with E-state index < -0.39 is 236 Å². The number of hydrogen-bond acceptors (Lipinski definition) is 37. The molecular formula is C52H47Cl3FN17O25S7. The van der Waals surface area contributed by atoms with Gasteiger partial charge in [0.1, 0.15) is 54.1 Å². The van der Waals surface area contributed by atoms with Gasteiger partial charge in [0.25, 0.3) is 47.1 Å². The van der Waals surface area contributed by atoms with Crippen LogP contribution in [0.25, 0.3) is 22.6 Å². The number of aromatic hydroxyl groups is 1. The van der Waals surface area contributed by atoms with Crippen LogP contribution in [-0.4, -0.2) is 151 Å². The number of benzene rings is 5. The quantitative estimate of drug-likeness (QED) is 0.0104. The van der Waals surface area contributed by atoms with Crippen LogP contribution in [0.1, 0.15) is 18.1 Å². The molecule has 7 aromatic rings. The summed E-state index contributed by atoms with van der Waals surface area (Å²) in [5.74, 6) is -7.06. The Morgan fingerprint density at radius 2 is 1.39 bits per heavy atom. The van der Waals surface area contributed by atoms with Crippen LogP contribution in [0.2, 0.25) is 15.3 Å². The monoisotopic (exact) mass is 1660 g/mol. The Kier molecular flexibility index (Phi) is 21.7. The second kappa shape index (κ2) is 29.2. The molecule has 560 valence electrons. The first kappa shape index (κ1) is 78.2. The normalized spacial score (nSPS) is 13.7. The zero-order valence-electron chi connectivity index (χ0n) is 52.1. The third-order valence-electron chi connectivity index (χ3n) is 14.0. The predicted molar refractivity (Wildman–Crippen MR) is 373 cm³/mol. The van der Waals surface area contributed by atoms with Crippen molar-refractivity contribution >= 4 is 182 Å². The molecule has 0 radical (unpaired) electrons. The van der Waals surface area contributed by atoms with Gasteiger partial charge < -0.3 is 64.0 Å². The van der Waals surface area contributed by atoms with E-state index in [-0.39, 0.29) is 45.4 Å². The van der Waals surface area contributed by atoms with Crippen molar-refractivity contribution in [3.05, 3.63) is 133 Å². The summed E-state index contributed by atoms with van der Waals surface area (Å²) in [5, 5.41) is 33.5. The zero-order chi connectivity index (χ0) is 77.2. The molecule has 3 aromatic heterocycles. The van der Waals surface area contributed by atoms with Crippen molar-refractivity contribution in [3.8, 4) is 28.8 Å². The van der Waals surface area contributed by atoms with Crippen LogP contribution in [-0.2, 0) is 66.8 Å². The largest absolute Gasteiger partial charge is 0.494 e. The maximum absolute atomic E-state index is 14.7. The number of aromatic nitrogens is 8. The van der Waals surface area contributed by atoms with E-state index in [0.29, 0.717) is 16.7 Å². The molecule has 5 heterocycles. The number of azo groups is 1. The van der Waals surface area contributed by atoms with E-state index in [1.54, 1.807) is 0 Å². The number of pyridine rings is 1. The number of nitrogens with zero attached hydrogens (tertiary/aromatic N) is 11. The summed E-state index contributed by atoms with van der Waals surface area (Å²) in [6.07, 6.45) is -1.35. The molecule has 105 heavy (non-hydrogen) atoms. The zero-order valence-corrected chi connectivity index (χ0v) is 60.1. The number of hydrogen-bond donors (Lipinski definition) is 17. The van der Waals surface area contributed by atoms with Crippen LogP contribution in [0.4, 0.5) is 68.0 Å². The topological polar surface area (TPSA) is 646 Å². The fraction of sp³-hybridized carbons (Fsp3) is 0.135. The van der Waals surface area contributed by atoms with Gasteiger partial charge in [-0.1, -0.05) is 29.8 Å². The van der Waals surface area contributed by atoms with Crippen LogP contribution in [0.5, 0.6) is 17.4 Å². The lowest BCUT2D eigenvalue weighted by Crippen LogP contribution is -2.27. The SMILES string of the molecule is C=CS(=O)(=O)c1ccc(Nc2nc(F)nc(NCCn3c(O)c(CS(=O)(=O)O)c(C)c(N=Nc4cc(Nc5nc(Cl)nc(NC(C)CNc6ccc7c(c6S(=O)(=O)O)Oc6c(c(Cl)c8oc9c(S(=O)(=O)O)/c(=N\C(=C)OS(O)(O)O)ccc-9nc8c6Cl)N7)n5)c(S(O)(O)O)cc4S(=O)(=O)O)c3=O)n2)cc1. The molecule has 17 N–H and O–H groups in total. The molecule has 42 nitrogen and oxygen atoms in total. The summed E-state index contributed by atoms with van der Waals surface area (Å²) in [4.78, 5) is 40.7. The lowest BCUT2D eigenvalue weighted by atomic mass is 10.1. The third-order valence-corrected chi connectivity index (χ3v) is 21.0. The van der Waals surface area contributed by atoms with Crippen molar-refractivity contribution in [3.63, 3.8) is 0 Å². The predicted octanol–water partition coefficient (Wildman–Crippen LogP) is 9.51. The van der Waals surface area contributed by atoms with E-state index in [9.17, 15) is 102 Å². The van der Waals surface area contributed by atoms with Crippen molar-refractivity contribution in [1.82, 2.24) is 39.5 Å². The minimum atomic E-state index is -5.57. The molecule has 4 aromatic carbocycles. The first-order valence-electron chi connectivity index (χ1n) is 28.0. The van der Waals surface area contributed by atoms with Gasteiger partial charge in [-0.3, -0.25) is 41.2 Å². The standard InChI is InChI=1S/C52H47Cl3FN17O25S7/c1-5-99(76,77)24-8-6-23(7-9-24)61-51-68-48(56)67-49(69-51)57-14-15-73-45(74)25(19-100(78,79)80)21(3)36(46(73)75)72-71-31-16-30(32(101(81,82)83)17-33(31)102(84,85)86)64-52-66-47(55)65-50(70-52)59-20(2)18-58-28-12-10-26-39(43(28)103(87,88)89)96-41-34(53)38-42(35(54)37(41)62-26)97-40-27(63-38)11-13-29(44(40)104(90,91)92)60-22(4)98-105(93,94)95/h5-13,16-17,20,58,62,74,81-83,93-95H,1,4,14-15,18-19H2,2-3H3,(H,78,79,80)(H,84,85,86)(H,87,88,89)(H,90,91,92)(H2,57,61,67,68,69)(H2,59,64,65,66,70)/b60-29-,72-71?. The Labute approximate surface area is 606 Å². The Hall–Kier alpha value is -9.40. The van der Waals surface area contributed by atoms with Gasteiger partial charge >= 0.3 is 16.2 Å². The number of halogens is 4. The van der Waals surface area contributed by atoms with E-state index in [0.717, 1.165) is 30.5 Å². The Balaban J connectivity index is 0.905. The van der Waals surface area contributed by atoms with Crippen molar-refractivity contribution < 1.29 is 110 Å². The van der Waals surface area contributed by atoms with E-state index in [4.69, 9.17) is 44.0 Å². The molecule has 0 fully saturated rings. The molecule has 2 aliphatic heterocycles. The average Bonchev–Trinajstić information content (AvgIpc) is 0.704. The second-order valence-corrected chi connectivity index (χ2v) is 32.5. The Bertz CT molecular complexity index is 5880. The highest BCUT2D eigenvalue weighted by Crippen LogP contribution is 2.56. The lowest BCUT2D eigenvalue weighted by molar-refractivity contribution is 0.246. The number of nitrogens with one attached hydrogen (secondary N) is 6. The fourth-order valence-corrected chi connectivity index (χ4v) is 15.0. The fourth-order valence-electron chi connectivity index (χ4n) is 9.64. The molecule has 1 atom stereocenters. The number of fused-ring (bicyclic) bond motifs is 4. The highest BCUT2D eigenvalue weighted by Gasteiger charge is 2.36. The number of ether oxygens (including phenoxy) is 1. The molecule has 0 bridgehead atoms. The Morgan fingerprint density at radius 1 is 0.743 bits per heavy atom. The van der Waals surface area contributed by atoms with E-state index in [2.05, 4.69) is 99.4 Å². The minimum absolute atomic E-state index is 0.116. The number of anilines is 9. The average molecular weight is 1660 g/mol. The highest BCUT2D eigenvalue weighted by atomic mass is 35.5. The molecule has 0 saturated heterocycles. The summed E-state index contributed by atoms with van der Waals surface area (Å²) < 4.78 is 259. The third kappa shape index (κ3) is 17.8. The summed E-state index contributed by atoms with van der Waals surface area (Å²) >= 11 is 15.2. The van der Waals surface area contributed by atoms with Gasteiger partial charge in [0.15, 0.2) is 54.0 Å². The van der Waals surface area contributed by atoms with Crippen LogP contribution >= 0.6 is 56.8 Å². The van der Waals surface area contributed by atoms with Gasteiger partial charge in [0.05, 0.1) is 32.2 Å². The molecule has 53 heteroatoms. The van der Waals surface area contributed by atoms with Crippen LogP contribution < -0.4 is 47.6 Å². The first-order valence-corrected chi connectivity index (χ1v) is 39.6. The van der Waals surface area contributed by atoms with Crippen molar-refractivity contribution in [2.24, 2.45) is 15.2 Å². The molecule has 0 amide bonds. The lowest BCUT2D eigenvalue weighted by Gasteiger charge is -2.27. The smallest absolute Gasteiger partial charge is 0.315 e. The van der Waals surface area contributed by atoms with Crippen LogP contribution in [0.15, 0.2) is 134 Å². The molecule has 1 unspecified atom stereocenters. The van der Waals surface area contributed by atoms with Gasteiger partial charge in [-0.05, 0) is 98.3 Å². The van der Waals surface area contributed by atoms with Gasteiger partial charge in [-0.25, -0.2) is 18.4 Å². The molecule has 0 saturated carbocycles. The number of sulfone groups is 1. The summed E-state index contributed by atoms with van der Waals surface area (Å²) in [6.45, 7) is 7.49. The van der Waals surface area contributed by atoms with Crippen molar-refractivity contribution in [2.45, 2.75) is 56.7 Å². The van der Waals surface area contributed by atoms with E-state index in [1.807, 2.05) is 0 Å². The first-order chi connectivity index (χ1) is 48.7. The maximum Gasteiger partial charge on any atom is 0.315 e. The van der Waals surface area contributed by atoms with Gasteiger partial charge in [-0.2, -0.15) is 68.0 Å². The second-order valence-electron chi connectivity index (χ2n) is 21.4. The van der Waals surface area contributed by atoms with Crippen LogP contribution in [0, 0.1) is 13.0 Å². The molecular weight excluding hydrogens is 1610 g/mol. The van der Waals surface area contributed by atoms with Crippen molar-refractivity contribution in [1.29, 1.82) is 0 Å². The number of rotatable bonds is 26. The summed E-state index contributed by atoms with van der Waals surface area (Å²) in [5.41, 5.74) is -6.82. The van der Waals surface area contributed by atoms with E-state index in [1.165, 1.54) is 37.3 Å². The Morgan fingerprint density at radius 3 is 2.02 bits per heavy atom. The molecule has 3 aliphatic rings. The maximum atomic E-state index is 14.7. The molecule has 1 aliphatic carbocycles. The summed E-state index contributed by atoms with van der Waals surface area (Å²) in [6, 6.07) is 9.45. The molecule has 10 rings (SSSR count). The van der Waals surface area contributed by atoms with Gasteiger partial charge in [0.2, 0.25) is 35.0 Å². The van der Waals surface area contributed by atoms with Gasteiger partial charge in [0, 0.05) is 42.3 Å². The highest BCUT2D eigenvalue weighted by molar-refractivity contribution is 8.19. The minimum Gasteiger partial charge on any atom is -0.494 e. The van der Waals surface area contributed by atoms with E-state index >= 15 is 0 Å². The molecule has 0 spiro atoms. The van der Waals surface area contributed by atoms with Crippen LogP contribution in [0.3, 0.4) is 0 Å².